The summed E-state index contributed by atoms with van der Waals surface area (Å²) in [6.45, 7) is 1.28. The van der Waals surface area contributed by atoms with Crippen LogP contribution in [0, 0.1) is 0 Å². The number of carbonyl (C=O) groups is 2. The molecule has 1 aliphatic rings. The molecule has 1 N–H and O–H groups in total. The highest BCUT2D eigenvalue weighted by Crippen LogP contribution is 2.33. The van der Waals surface area contributed by atoms with E-state index in [2.05, 4.69) is 5.32 Å². The summed E-state index contributed by atoms with van der Waals surface area (Å²) in [6, 6.07) is 21.2. The average Bonchev–Trinajstić information content (AvgIpc) is 3.51. The first-order valence-corrected chi connectivity index (χ1v) is 15.1. The first-order valence-electron chi connectivity index (χ1n) is 13.7. The van der Waals surface area contributed by atoms with Gasteiger partial charge in [0.2, 0.25) is 11.8 Å². The highest BCUT2D eigenvalue weighted by atomic mass is 32.2. The van der Waals surface area contributed by atoms with Crippen molar-refractivity contribution in [3.05, 3.63) is 84.4 Å². The summed E-state index contributed by atoms with van der Waals surface area (Å²) in [5, 5.41) is 3.07. The molecule has 0 heterocycles. The number of carbonyl (C=O) groups excluding carboxylic acids is 2. The molecule has 3 aromatic rings. The number of para-hydroxylation sites is 2. The van der Waals surface area contributed by atoms with Gasteiger partial charge in [-0.05, 0) is 61.7 Å². The number of sulfonamides is 1. The smallest absolute Gasteiger partial charge is 0.264 e. The summed E-state index contributed by atoms with van der Waals surface area (Å²) >= 11 is 0. The molecule has 4 rings (SSSR count). The molecular weight excluding hydrogens is 542 g/mol. The van der Waals surface area contributed by atoms with Crippen LogP contribution in [0.4, 0.5) is 5.69 Å². The van der Waals surface area contributed by atoms with Gasteiger partial charge in [-0.2, -0.15) is 0 Å². The maximum atomic E-state index is 14.1. The van der Waals surface area contributed by atoms with E-state index < -0.39 is 28.5 Å². The van der Waals surface area contributed by atoms with E-state index in [9.17, 15) is 18.0 Å². The van der Waals surface area contributed by atoms with Crippen LogP contribution in [0.5, 0.6) is 11.5 Å². The van der Waals surface area contributed by atoms with Crippen LogP contribution in [0.15, 0.2) is 83.8 Å². The molecule has 1 unspecified atom stereocenters. The van der Waals surface area contributed by atoms with Gasteiger partial charge in [-0.15, -0.1) is 0 Å². The molecule has 218 valence electrons. The zero-order valence-electron chi connectivity index (χ0n) is 23.7. The van der Waals surface area contributed by atoms with E-state index in [0.717, 1.165) is 35.6 Å². The van der Waals surface area contributed by atoms with Crippen molar-refractivity contribution in [2.24, 2.45) is 0 Å². The Hall–Kier alpha value is -4.05. The lowest BCUT2D eigenvalue weighted by molar-refractivity contribution is -0.139. The average molecular weight is 580 g/mol. The summed E-state index contributed by atoms with van der Waals surface area (Å²) in [5.41, 5.74) is 1.03. The van der Waals surface area contributed by atoms with Crippen molar-refractivity contribution in [3.8, 4) is 11.5 Å². The van der Waals surface area contributed by atoms with Crippen molar-refractivity contribution < 1.29 is 27.5 Å². The fourth-order valence-electron chi connectivity index (χ4n) is 4.98. The number of anilines is 1. The van der Waals surface area contributed by atoms with E-state index in [1.807, 2.05) is 30.3 Å². The van der Waals surface area contributed by atoms with E-state index in [4.69, 9.17) is 9.47 Å². The van der Waals surface area contributed by atoms with Crippen molar-refractivity contribution in [1.82, 2.24) is 10.2 Å². The molecule has 0 aliphatic heterocycles. The van der Waals surface area contributed by atoms with Gasteiger partial charge < -0.3 is 19.7 Å². The van der Waals surface area contributed by atoms with E-state index in [1.54, 1.807) is 43.3 Å². The number of hydrogen-bond acceptors (Lipinski definition) is 6. The van der Waals surface area contributed by atoms with Crippen LogP contribution in [0.3, 0.4) is 0 Å². The van der Waals surface area contributed by atoms with Crippen molar-refractivity contribution >= 4 is 27.5 Å². The molecule has 0 saturated heterocycles. The lowest BCUT2D eigenvalue weighted by Crippen LogP contribution is -2.52. The van der Waals surface area contributed by atoms with Crippen molar-refractivity contribution in [1.29, 1.82) is 0 Å². The molecule has 10 heteroatoms. The minimum Gasteiger partial charge on any atom is -0.497 e. The summed E-state index contributed by atoms with van der Waals surface area (Å²) in [7, 11) is -1.29. The Morgan fingerprint density at radius 3 is 2.17 bits per heavy atom. The molecule has 0 spiro atoms. The van der Waals surface area contributed by atoms with Gasteiger partial charge in [0, 0.05) is 12.6 Å². The zero-order valence-corrected chi connectivity index (χ0v) is 24.5. The maximum absolute atomic E-state index is 14.1. The summed E-state index contributed by atoms with van der Waals surface area (Å²) in [4.78, 5) is 28.8. The van der Waals surface area contributed by atoms with Crippen LogP contribution in [-0.2, 0) is 26.2 Å². The van der Waals surface area contributed by atoms with E-state index in [1.165, 1.54) is 31.3 Å². The third-order valence-electron chi connectivity index (χ3n) is 7.34. The van der Waals surface area contributed by atoms with Crippen molar-refractivity contribution in [3.63, 3.8) is 0 Å². The van der Waals surface area contributed by atoms with Crippen LogP contribution in [-0.4, -0.2) is 58.0 Å². The van der Waals surface area contributed by atoms with Crippen LogP contribution < -0.4 is 19.1 Å². The molecule has 1 aliphatic carbocycles. The standard InChI is InChI=1S/C31H37N3O6S/c1-23(31(36)32-25-13-7-8-14-25)33(21-24-11-5-4-6-12-24)30(35)22-34(28-15-9-10-16-29(28)40-3)41(37,38)27-19-17-26(39-2)18-20-27/h4-6,9-12,15-20,23,25H,7-8,13-14,21-22H2,1-3H3,(H,32,36). The monoisotopic (exact) mass is 579 g/mol. The molecule has 1 fully saturated rings. The van der Waals surface area contributed by atoms with Crippen LogP contribution in [0.1, 0.15) is 38.2 Å². The number of benzene rings is 3. The highest BCUT2D eigenvalue weighted by molar-refractivity contribution is 7.92. The lowest BCUT2D eigenvalue weighted by atomic mass is 10.1. The number of ether oxygens (including phenoxy) is 2. The van der Waals surface area contributed by atoms with Gasteiger partial charge in [-0.1, -0.05) is 55.3 Å². The molecule has 41 heavy (non-hydrogen) atoms. The number of nitrogens with zero attached hydrogens (tertiary/aromatic N) is 2. The third kappa shape index (κ3) is 7.18. The topological polar surface area (TPSA) is 105 Å². The Bertz CT molecular complexity index is 1420. The molecule has 0 radical (unpaired) electrons. The Labute approximate surface area is 242 Å². The quantitative estimate of drug-likeness (QED) is 0.342. The fourth-order valence-corrected chi connectivity index (χ4v) is 6.40. The predicted molar refractivity (Wildman–Crippen MR) is 157 cm³/mol. The Morgan fingerprint density at radius 2 is 1.54 bits per heavy atom. The largest absolute Gasteiger partial charge is 0.497 e. The van der Waals surface area contributed by atoms with Gasteiger partial charge in [-0.25, -0.2) is 8.42 Å². The second kappa shape index (κ2) is 13.5. The number of nitrogens with one attached hydrogen (secondary N) is 1. The van der Waals surface area contributed by atoms with Gasteiger partial charge in [-0.3, -0.25) is 13.9 Å². The SMILES string of the molecule is COc1ccc(S(=O)(=O)N(CC(=O)N(Cc2ccccc2)C(C)C(=O)NC2CCCC2)c2ccccc2OC)cc1. The van der Waals surface area contributed by atoms with Crippen LogP contribution in [0.2, 0.25) is 0 Å². The van der Waals surface area contributed by atoms with Gasteiger partial charge in [0.1, 0.15) is 24.1 Å². The number of amides is 2. The van der Waals surface area contributed by atoms with Crippen molar-refractivity contribution in [2.45, 2.75) is 56.1 Å². The lowest BCUT2D eigenvalue weighted by Gasteiger charge is -2.32. The molecular formula is C31H37N3O6S. The fraction of sp³-hybridized carbons (Fsp3) is 0.355. The zero-order chi connectivity index (χ0) is 29.4. The summed E-state index contributed by atoms with van der Waals surface area (Å²) in [5.74, 6) is 0.00739. The molecule has 0 aromatic heterocycles. The van der Waals surface area contributed by atoms with Gasteiger partial charge in [0.15, 0.2) is 0 Å². The first-order chi connectivity index (χ1) is 19.7. The number of rotatable bonds is 12. The van der Waals surface area contributed by atoms with Crippen molar-refractivity contribution in [2.75, 3.05) is 25.1 Å². The van der Waals surface area contributed by atoms with Gasteiger partial charge >= 0.3 is 0 Å². The molecule has 2 amide bonds. The minimum absolute atomic E-state index is 0.0151. The first kappa shape index (κ1) is 29.9. The number of methoxy groups -OCH3 is 2. The Morgan fingerprint density at radius 1 is 0.902 bits per heavy atom. The Balaban J connectivity index is 1.70. The molecule has 3 aromatic carbocycles. The van der Waals surface area contributed by atoms with Crippen LogP contribution >= 0.6 is 0 Å². The molecule has 0 bridgehead atoms. The summed E-state index contributed by atoms with van der Waals surface area (Å²) in [6.07, 6.45) is 3.94. The summed E-state index contributed by atoms with van der Waals surface area (Å²) < 4.78 is 39.8. The maximum Gasteiger partial charge on any atom is 0.264 e. The third-order valence-corrected chi connectivity index (χ3v) is 9.12. The van der Waals surface area contributed by atoms with Gasteiger partial charge in [0.05, 0.1) is 24.8 Å². The van der Waals surface area contributed by atoms with Gasteiger partial charge in [0.25, 0.3) is 10.0 Å². The minimum atomic E-state index is -4.23. The molecule has 1 saturated carbocycles. The molecule has 9 nitrogen and oxygen atoms in total. The normalized spacial score (nSPS) is 14.2. The molecule has 1 atom stereocenters. The van der Waals surface area contributed by atoms with Crippen LogP contribution in [0.25, 0.3) is 0 Å². The second-order valence-electron chi connectivity index (χ2n) is 10.0. The van der Waals surface area contributed by atoms with E-state index >= 15 is 0 Å². The Kier molecular flexibility index (Phi) is 9.88. The van der Waals surface area contributed by atoms with E-state index in [0.29, 0.717) is 11.5 Å². The highest BCUT2D eigenvalue weighted by Gasteiger charge is 2.34. The van der Waals surface area contributed by atoms with E-state index in [-0.39, 0.29) is 29.1 Å². The predicted octanol–water partition coefficient (Wildman–Crippen LogP) is 4.38. The second-order valence-corrected chi connectivity index (χ2v) is 11.9. The number of hydrogen-bond donors (Lipinski definition) is 1.